The highest BCUT2D eigenvalue weighted by Gasteiger charge is 2.36. The van der Waals surface area contributed by atoms with Crippen LogP contribution in [0.2, 0.25) is 0 Å². The van der Waals surface area contributed by atoms with Gasteiger partial charge in [0.05, 0.1) is 0 Å². The van der Waals surface area contributed by atoms with Gasteiger partial charge >= 0.3 is 0 Å². The summed E-state index contributed by atoms with van der Waals surface area (Å²) in [5.41, 5.74) is 2.14. The molecule has 8 nitrogen and oxygen atoms in total. The van der Waals surface area contributed by atoms with Crippen LogP contribution in [-0.2, 0) is 21.4 Å². The molecule has 0 aliphatic carbocycles. The number of amides is 1. The summed E-state index contributed by atoms with van der Waals surface area (Å²) in [6, 6.07) is 11.0. The first-order chi connectivity index (χ1) is 19.2. The lowest BCUT2D eigenvalue weighted by Gasteiger charge is -2.30. The predicted molar refractivity (Wildman–Crippen MR) is 148 cm³/mol. The van der Waals surface area contributed by atoms with Crippen molar-refractivity contribution in [3.05, 3.63) is 76.7 Å². The zero-order valence-corrected chi connectivity index (χ0v) is 23.1. The van der Waals surface area contributed by atoms with Crippen LogP contribution in [0.4, 0.5) is 14.5 Å². The molecule has 0 radical (unpaired) electrons. The molecule has 3 heterocycles. The van der Waals surface area contributed by atoms with Gasteiger partial charge in [0, 0.05) is 42.9 Å². The number of benzene rings is 2. The summed E-state index contributed by atoms with van der Waals surface area (Å²) in [4.78, 5) is 15.3. The average Bonchev–Trinajstić information content (AvgIpc) is 3.58. The highest BCUT2D eigenvalue weighted by Crippen LogP contribution is 2.30. The first kappa shape index (κ1) is 28.1. The molecule has 0 atom stereocenters. The van der Waals surface area contributed by atoms with Gasteiger partial charge in [-0.1, -0.05) is 17.3 Å². The van der Waals surface area contributed by atoms with E-state index in [0.717, 1.165) is 43.0 Å². The number of anilines is 1. The first-order valence-corrected chi connectivity index (χ1v) is 14.9. The lowest BCUT2D eigenvalue weighted by atomic mass is 9.97. The third-order valence-corrected chi connectivity index (χ3v) is 9.49. The molecule has 1 N–H and O–H groups in total. The number of piperidine rings is 1. The third kappa shape index (κ3) is 6.32. The highest BCUT2D eigenvalue weighted by atomic mass is 32.2. The molecule has 1 amide bonds. The van der Waals surface area contributed by atoms with Gasteiger partial charge in [0.25, 0.3) is 0 Å². The topological polar surface area (TPSA) is 95.8 Å². The number of nitrogens with zero attached hydrogens (tertiary/aromatic N) is 3. The Bertz CT molecular complexity index is 1510. The molecule has 0 unspecified atom stereocenters. The fourth-order valence-electron chi connectivity index (χ4n) is 5.28. The van der Waals surface area contributed by atoms with E-state index in [-0.39, 0.29) is 46.8 Å². The molecule has 0 saturated carbocycles. The Balaban J connectivity index is 1.22. The fourth-order valence-corrected chi connectivity index (χ4v) is 7.00. The van der Waals surface area contributed by atoms with Crippen molar-refractivity contribution in [3.63, 3.8) is 0 Å². The van der Waals surface area contributed by atoms with Crippen LogP contribution in [0.15, 0.2) is 51.9 Å². The smallest absolute Gasteiger partial charge is 0.248 e. The molecule has 5 rings (SSSR count). The molecule has 212 valence electrons. The van der Waals surface area contributed by atoms with E-state index in [1.54, 1.807) is 0 Å². The Morgan fingerprint density at radius 2 is 1.82 bits per heavy atom. The number of nitrogens with one attached hydrogen (secondary N) is 1. The predicted octanol–water partition coefficient (Wildman–Crippen LogP) is 5.07. The van der Waals surface area contributed by atoms with Crippen molar-refractivity contribution in [3.8, 4) is 0 Å². The van der Waals surface area contributed by atoms with Gasteiger partial charge in [-0.2, -0.15) is 4.31 Å². The largest absolute Gasteiger partial charge is 0.355 e. The van der Waals surface area contributed by atoms with Crippen LogP contribution >= 0.6 is 0 Å². The fraction of sp³-hybridized carbons (Fsp3) is 0.379. The van der Waals surface area contributed by atoms with Crippen LogP contribution < -0.4 is 5.32 Å². The van der Waals surface area contributed by atoms with Gasteiger partial charge in [-0.3, -0.25) is 9.69 Å². The Morgan fingerprint density at radius 3 is 2.55 bits per heavy atom. The SMILES string of the molecule is Cc1noc(C=Cc2ccc(F)cc2F)c1S(=O)(=O)N1CCC(C(=O)Nc2cccc(CN3CCCC3)c2)CC1. The molecule has 11 heteroatoms. The number of sulfonamides is 1. The molecule has 0 spiro atoms. The van der Waals surface area contributed by atoms with Crippen LogP contribution in [0, 0.1) is 24.5 Å². The van der Waals surface area contributed by atoms with Crippen LogP contribution in [0.1, 0.15) is 48.3 Å². The van der Waals surface area contributed by atoms with E-state index in [9.17, 15) is 22.0 Å². The Labute approximate surface area is 232 Å². The number of aryl methyl sites for hydroxylation is 1. The zero-order chi connectivity index (χ0) is 28.3. The second kappa shape index (κ2) is 12.0. The average molecular weight is 571 g/mol. The van der Waals surface area contributed by atoms with E-state index in [1.807, 2.05) is 18.2 Å². The maximum atomic E-state index is 14.0. The molecule has 2 aromatic carbocycles. The summed E-state index contributed by atoms with van der Waals surface area (Å²) in [7, 11) is -3.99. The quantitative estimate of drug-likeness (QED) is 0.407. The van der Waals surface area contributed by atoms with Crippen LogP contribution in [0.3, 0.4) is 0 Å². The molecule has 3 aromatic rings. The molecule has 0 bridgehead atoms. The van der Waals surface area contributed by atoms with E-state index in [0.29, 0.717) is 12.8 Å². The van der Waals surface area contributed by atoms with E-state index in [1.165, 1.54) is 42.3 Å². The lowest BCUT2D eigenvalue weighted by Crippen LogP contribution is -2.41. The lowest BCUT2D eigenvalue weighted by molar-refractivity contribution is -0.120. The molecule has 2 fully saturated rings. The summed E-state index contributed by atoms with van der Waals surface area (Å²) in [6.45, 7) is 4.89. The standard InChI is InChI=1S/C29H32F2N4O4S/c1-20-28(27(39-33-20)10-8-22-7-9-24(30)18-26(22)31)40(37,38)35-15-11-23(12-16-35)29(36)32-25-6-4-5-21(17-25)19-34-13-2-3-14-34/h4-10,17-18,23H,2-3,11-16,19H2,1H3,(H,32,36). The minimum absolute atomic E-state index is 0.0464. The molecule has 2 aliphatic rings. The van der Waals surface area contributed by atoms with Crippen molar-refractivity contribution >= 4 is 33.8 Å². The molecular formula is C29H32F2N4O4S. The van der Waals surface area contributed by atoms with Crippen molar-refractivity contribution in [2.24, 2.45) is 5.92 Å². The summed E-state index contributed by atoms with van der Waals surface area (Å²) in [5, 5.41) is 6.81. The number of halogens is 2. The number of likely N-dealkylation sites (tertiary alicyclic amines) is 1. The minimum atomic E-state index is -3.99. The van der Waals surface area contributed by atoms with E-state index < -0.39 is 21.7 Å². The maximum Gasteiger partial charge on any atom is 0.248 e. The van der Waals surface area contributed by atoms with Crippen LogP contribution in [0.25, 0.3) is 12.2 Å². The number of hydrogen-bond donors (Lipinski definition) is 1. The van der Waals surface area contributed by atoms with Crippen molar-refractivity contribution in [1.82, 2.24) is 14.4 Å². The highest BCUT2D eigenvalue weighted by molar-refractivity contribution is 7.89. The molecule has 40 heavy (non-hydrogen) atoms. The number of carbonyl (C=O) groups excluding carboxylic acids is 1. The third-order valence-electron chi connectivity index (χ3n) is 7.43. The summed E-state index contributed by atoms with van der Waals surface area (Å²) < 4.78 is 60.8. The van der Waals surface area contributed by atoms with Gasteiger partial charge in [-0.15, -0.1) is 0 Å². The van der Waals surface area contributed by atoms with Gasteiger partial charge in [-0.05, 0) is 87.7 Å². The number of hydrogen-bond acceptors (Lipinski definition) is 6. The normalized spacial score (nSPS) is 17.6. The summed E-state index contributed by atoms with van der Waals surface area (Å²) >= 11 is 0. The second-order valence-electron chi connectivity index (χ2n) is 10.3. The maximum absolute atomic E-state index is 14.0. The van der Waals surface area contributed by atoms with Crippen LogP contribution in [-0.4, -0.2) is 54.9 Å². The van der Waals surface area contributed by atoms with E-state index in [2.05, 4.69) is 21.4 Å². The first-order valence-electron chi connectivity index (χ1n) is 13.4. The van der Waals surface area contributed by atoms with E-state index in [4.69, 9.17) is 4.52 Å². The Kier molecular flexibility index (Phi) is 8.43. The minimum Gasteiger partial charge on any atom is -0.355 e. The summed E-state index contributed by atoms with van der Waals surface area (Å²) in [5.74, 6) is -1.98. The van der Waals surface area contributed by atoms with Crippen molar-refractivity contribution in [1.29, 1.82) is 0 Å². The Morgan fingerprint density at radius 1 is 1.07 bits per heavy atom. The summed E-state index contributed by atoms with van der Waals surface area (Å²) in [6.07, 6.45) is 5.79. The second-order valence-corrected chi connectivity index (χ2v) is 12.2. The number of aromatic nitrogens is 1. The van der Waals surface area contributed by atoms with Gasteiger partial charge in [0.15, 0.2) is 10.7 Å². The number of carbonyl (C=O) groups is 1. The monoisotopic (exact) mass is 570 g/mol. The van der Waals surface area contributed by atoms with Crippen molar-refractivity contribution in [2.45, 2.75) is 44.0 Å². The van der Waals surface area contributed by atoms with Gasteiger partial charge < -0.3 is 9.84 Å². The molecule has 1 aromatic heterocycles. The van der Waals surface area contributed by atoms with Crippen LogP contribution in [0.5, 0.6) is 0 Å². The van der Waals surface area contributed by atoms with Crippen molar-refractivity contribution < 1.29 is 26.5 Å². The molecular weight excluding hydrogens is 538 g/mol. The molecule has 2 saturated heterocycles. The van der Waals surface area contributed by atoms with Gasteiger partial charge in [0.1, 0.15) is 17.3 Å². The van der Waals surface area contributed by atoms with E-state index >= 15 is 0 Å². The Hall–Kier alpha value is -3.41. The number of rotatable bonds is 8. The zero-order valence-electron chi connectivity index (χ0n) is 22.3. The van der Waals surface area contributed by atoms with Gasteiger partial charge in [0.2, 0.25) is 15.9 Å². The van der Waals surface area contributed by atoms with Gasteiger partial charge in [-0.25, -0.2) is 17.2 Å². The molecule has 2 aliphatic heterocycles. The van der Waals surface area contributed by atoms with Crippen molar-refractivity contribution in [2.75, 3.05) is 31.5 Å².